The van der Waals surface area contributed by atoms with Gasteiger partial charge in [-0.05, 0) is 13.8 Å². The van der Waals surface area contributed by atoms with E-state index in [-0.39, 0.29) is 0 Å². The molecule has 0 aromatic rings. The van der Waals surface area contributed by atoms with Crippen LogP contribution in [0, 0.1) is 0 Å². The van der Waals surface area contributed by atoms with E-state index in [0.29, 0.717) is 0 Å². The Labute approximate surface area is 86.7 Å². The van der Waals surface area contributed by atoms with Crippen LogP contribution in [-0.4, -0.2) is 53.4 Å². The van der Waals surface area contributed by atoms with Crippen molar-refractivity contribution < 1.29 is 28.8 Å². The molecule has 0 spiro atoms. The average molecular weight is 222 g/mol. The lowest BCUT2D eigenvalue weighted by atomic mass is 10.1. The van der Waals surface area contributed by atoms with Crippen LogP contribution in [0.25, 0.3) is 0 Å². The normalized spacial score (nSPS) is 45.4. The van der Waals surface area contributed by atoms with Gasteiger partial charge in [-0.3, -0.25) is 0 Å². The van der Waals surface area contributed by atoms with Gasteiger partial charge in [0, 0.05) is 0 Å². The van der Waals surface area contributed by atoms with E-state index in [1.165, 1.54) is 0 Å². The van der Waals surface area contributed by atoms with Crippen LogP contribution in [0.2, 0.25) is 0 Å². The van der Waals surface area contributed by atoms with E-state index < -0.39 is 43.2 Å². The topological polar surface area (TPSA) is 68.2 Å². The van der Waals surface area contributed by atoms with Gasteiger partial charge in [0.2, 0.25) is 0 Å². The number of alkyl halides is 1. The van der Waals surface area contributed by atoms with Crippen molar-refractivity contribution in [3.63, 3.8) is 0 Å². The van der Waals surface area contributed by atoms with Crippen molar-refractivity contribution in [2.45, 2.75) is 50.4 Å². The van der Waals surface area contributed by atoms with Gasteiger partial charge in [-0.1, -0.05) is 0 Å². The van der Waals surface area contributed by atoms with Crippen molar-refractivity contribution in [2.75, 3.05) is 6.61 Å². The summed E-state index contributed by atoms with van der Waals surface area (Å²) in [6, 6.07) is 0. The lowest BCUT2D eigenvalue weighted by Gasteiger charge is -2.23. The Balaban J connectivity index is 2.05. The lowest BCUT2D eigenvalue weighted by Crippen LogP contribution is -2.40. The van der Waals surface area contributed by atoms with E-state index in [2.05, 4.69) is 0 Å². The zero-order valence-electron chi connectivity index (χ0n) is 8.59. The molecular weight excluding hydrogens is 207 g/mol. The molecule has 0 bridgehead atoms. The summed E-state index contributed by atoms with van der Waals surface area (Å²) in [6.45, 7) is 2.78. The molecule has 2 N–H and O–H groups in total. The summed E-state index contributed by atoms with van der Waals surface area (Å²) in [5.74, 6) is -0.866. The highest BCUT2D eigenvalue weighted by Crippen LogP contribution is 2.39. The number of rotatable bonds is 2. The van der Waals surface area contributed by atoms with Crippen molar-refractivity contribution in [3.8, 4) is 0 Å². The smallest absolute Gasteiger partial charge is 0.190 e. The number of fused-ring (bicyclic) bond motifs is 1. The molecular formula is C9H15FO5. The van der Waals surface area contributed by atoms with Gasteiger partial charge in [0.1, 0.15) is 18.3 Å². The molecule has 2 fully saturated rings. The first kappa shape index (κ1) is 11.2. The van der Waals surface area contributed by atoms with Gasteiger partial charge in [-0.25, -0.2) is 4.39 Å². The fourth-order valence-corrected chi connectivity index (χ4v) is 1.90. The maximum atomic E-state index is 13.7. The van der Waals surface area contributed by atoms with Gasteiger partial charge in [0.15, 0.2) is 18.2 Å². The molecule has 15 heavy (non-hydrogen) atoms. The number of hydrogen-bond donors (Lipinski definition) is 2. The third-order valence-corrected chi connectivity index (χ3v) is 2.57. The summed E-state index contributed by atoms with van der Waals surface area (Å²) in [7, 11) is 0. The van der Waals surface area contributed by atoms with Crippen molar-refractivity contribution in [2.24, 2.45) is 0 Å². The van der Waals surface area contributed by atoms with Crippen LogP contribution in [0.4, 0.5) is 4.39 Å². The summed E-state index contributed by atoms with van der Waals surface area (Å²) in [5.41, 5.74) is 0. The average Bonchev–Trinajstić information content (AvgIpc) is 2.60. The summed E-state index contributed by atoms with van der Waals surface area (Å²) in [5, 5.41) is 18.0. The third-order valence-electron chi connectivity index (χ3n) is 2.57. The van der Waals surface area contributed by atoms with Crippen molar-refractivity contribution in [1.29, 1.82) is 0 Å². The van der Waals surface area contributed by atoms with Crippen LogP contribution in [0.5, 0.6) is 0 Å². The summed E-state index contributed by atoms with van der Waals surface area (Å²) in [6.07, 6.45) is -5.45. The first-order chi connectivity index (χ1) is 6.94. The fraction of sp³-hybridized carbons (Fsp3) is 1.00. The molecule has 2 heterocycles. The predicted molar refractivity (Wildman–Crippen MR) is 46.7 cm³/mol. The zero-order chi connectivity index (χ0) is 11.2. The molecule has 0 unspecified atom stereocenters. The molecule has 5 nitrogen and oxygen atoms in total. The molecule has 2 saturated heterocycles. The largest absolute Gasteiger partial charge is 0.394 e. The minimum Gasteiger partial charge on any atom is -0.394 e. The highest BCUT2D eigenvalue weighted by atomic mass is 19.1. The second kappa shape index (κ2) is 3.64. The van der Waals surface area contributed by atoms with E-state index in [1.54, 1.807) is 13.8 Å². The lowest BCUT2D eigenvalue weighted by molar-refractivity contribution is -0.222. The minimum absolute atomic E-state index is 0.548. The molecule has 0 amide bonds. The number of hydrogen-bond acceptors (Lipinski definition) is 5. The van der Waals surface area contributed by atoms with Crippen LogP contribution in [0.15, 0.2) is 0 Å². The van der Waals surface area contributed by atoms with Crippen LogP contribution >= 0.6 is 0 Å². The van der Waals surface area contributed by atoms with Gasteiger partial charge in [0.25, 0.3) is 0 Å². The molecule has 6 heteroatoms. The Morgan fingerprint density at radius 2 is 2.07 bits per heavy atom. The Morgan fingerprint density at radius 3 is 2.60 bits per heavy atom. The number of halogens is 1. The summed E-state index contributed by atoms with van der Waals surface area (Å²) in [4.78, 5) is 0. The maximum absolute atomic E-state index is 13.7. The van der Waals surface area contributed by atoms with Crippen molar-refractivity contribution >= 4 is 0 Å². The Morgan fingerprint density at radius 1 is 1.40 bits per heavy atom. The Kier molecular flexibility index (Phi) is 2.72. The summed E-state index contributed by atoms with van der Waals surface area (Å²) < 4.78 is 29.5. The Hall–Kier alpha value is -0.270. The highest BCUT2D eigenvalue weighted by molar-refractivity contribution is 4.95. The second-order valence-corrected chi connectivity index (χ2v) is 4.26. The minimum atomic E-state index is -1.49. The number of aliphatic hydroxyl groups is 2. The maximum Gasteiger partial charge on any atom is 0.190 e. The zero-order valence-corrected chi connectivity index (χ0v) is 8.59. The van der Waals surface area contributed by atoms with E-state index in [0.717, 1.165) is 0 Å². The highest BCUT2D eigenvalue weighted by Gasteiger charge is 2.56. The molecule has 0 saturated carbocycles. The molecule has 5 atom stereocenters. The Bertz CT molecular complexity index is 247. The molecule has 2 aliphatic heterocycles. The van der Waals surface area contributed by atoms with E-state index in [4.69, 9.17) is 19.3 Å². The third kappa shape index (κ3) is 1.88. The summed E-state index contributed by atoms with van der Waals surface area (Å²) >= 11 is 0. The van der Waals surface area contributed by atoms with Crippen LogP contribution in [0.1, 0.15) is 13.8 Å². The molecule has 0 aromatic heterocycles. The predicted octanol–water partition coefficient (Wildman–Crippen LogP) is -0.446. The van der Waals surface area contributed by atoms with E-state index in [1.807, 2.05) is 0 Å². The van der Waals surface area contributed by atoms with E-state index >= 15 is 0 Å². The SMILES string of the molecule is CC1(C)O[C@H]2O[C@H]([C@@H](O)CO)[C@H](F)[C@H]2O1. The van der Waals surface area contributed by atoms with Gasteiger partial charge in [-0.15, -0.1) is 0 Å². The molecule has 2 rings (SSSR count). The molecule has 0 radical (unpaired) electrons. The van der Waals surface area contributed by atoms with Gasteiger partial charge in [-0.2, -0.15) is 0 Å². The van der Waals surface area contributed by atoms with Gasteiger partial charge in [0.05, 0.1) is 6.61 Å². The van der Waals surface area contributed by atoms with Crippen LogP contribution in [-0.2, 0) is 14.2 Å². The van der Waals surface area contributed by atoms with Crippen molar-refractivity contribution in [3.05, 3.63) is 0 Å². The quantitative estimate of drug-likeness (QED) is 0.662. The van der Waals surface area contributed by atoms with Gasteiger partial charge >= 0.3 is 0 Å². The number of ether oxygens (including phenoxy) is 3. The van der Waals surface area contributed by atoms with Crippen LogP contribution < -0.4 is 0 Å². The first-order valence-corrected chi connectivity index (χ1v) is 4.89. The molecule has 0 aliphatic carbocycles. The monoisotopic (exact) mass is 222 g/mol. The standard InChI is InChI=1S/C9H15FO5/c1-9(2)14-7-5(10)6(4(12)3-11)13-8(7)15-9/h4-8,11-12H,3H2,1-2H3/t4-,5-,6+,7+,8+/m0/s1. The molecule has 0 aromatic carbocycles. The van der Waals surface area contributed by atoms with Gasteiger partial charge < -0.3 is 24.4 Å². The van der Waals surface area contributed by atoms with E-state index in [9.17, 15) is 9.50 Å². The second-order valence-electron chi connectivity index (χ2n) is 4.26. The molecule has 2 aliphatic rings. The molecule has 88 valence electrons. The van der Waals surface area contributed by atoms with Crippen LogP contribution in [0.3, 0.4) is 0 Å². The number of aliphatic hydroxyl groups excluding tert-OH is 2. The fourth-order valence-electron chi connectivity index (χ4n) is 1.90. The first-order valence-electron chi connectivity index (χ1n) is 4.89. The van der Waals surface area contributed by atoms with Crippen molar-refractivity contribution in [1.82, 2.24) is 0 Å².